The number of nitrogens with zero attached hydrogens (tertiary/aromatic N) is 4. The van der Waals surface area contributed by atoms with Gasteiger partial charge in [0.05, 0.1) is 18.3 Å². The summed E-state index contributed by atoms with van der Waals surface area (Å²) in [5.74, 6) is 0.708. The number of carbonyl (C=O) groups is 1. The number of rotatable bonds is 4. The van der Waals surface area contributed by atoms with Gasteiger partial charge in [0.1, 0.15) is 6.33 Å². The van der Waals surface area contributed by atoms with Crippen LogP contribution in [0.15, 0.2) is 67.0 Å². The number of amides is 2. The van der Waals surface area contributed by atoms with E-state index in [1.807, 2.05) is 53.4 Å². The van der Waals surface area contributed by atoms with Crippen LogP contribution in [0.4, 0.5) is 4.79 Å². The molecule has 3 aromatic rings. The first kappa shape index (κ1) is 16.3. The number of aromatic nitrogens is 3. The van der Waals surface area contributed by atoms with Crippen LogP contribution in [0.25, 0.3) is 5.69 Å². The average molecular weight is 347 g/mol. The van der Waals surface area contributed by atoms with Crippen LogP contribution < -0.4 is 5.32 Å². The van der Waals surface area contributed by atoms with Crippen molar-refractivity contribution >= 4 is 6.03 Å². The Morgan fingerprint density at radius 3 is 2.58 bits per heavy atom. The number of hydrogen-bond donors (Lipinski definition) is 1. The van der Waals surface area contributed by atoms with Crippen molar-refractivity contribution in [1.29, 1.82) is 0 Å². The number of nitrogens with one attached hydrogen (secondary N) is 1. The van der Waals surface area contributed by atoms with Gasteiger partial charge in [-0.25, -0.2) is 14.5 Å². The third-order valence-electron chi connectivity index (χ3n) is 4.71. The molecule has 0 aliphatic carbocycles. The van der Waals surface area contributed by atoms with E-state index < -0.39 is 0 Å². The van der Waals surface area contributed by atoms with Gasteiger partial charge in [-0.05, 0) is 30.5 Å². The van der Waals surface area contributed by atoms with Gasteiger partial charge in [-0.2, -0.15) is 5.10 Å². The molecule has 1 fully saturated rings. The second-order valence-electron chi connectivity index (χ2n) is 6.34. The molecule has 1 N–H and O–H groups in total. The summed E-state index contributed by atoms with van der Waals surface area (Å²) < 4.78 is 1.75. The molecule has 4 rings (SSSR count). The first-order valence-electron chi connectivity index (χ1n) is 8.86. The molecule has 2 aromatic carbocycles. The van der Waals surface area contributed by atoms with E-state index in [4.69, 9.17) is 0 Å². The Hall–Kier alpha value is -3.15. The molecule has 2 amide bonds. The predicted molar refractivity (Wildman–Crippen MR) is 98.7 cm³/mol. The first-order chi connectivity index (χ1) is 12.8. The van der Waals surface area contributed by atoms with Crippen molar-refractivity contribution < 1.29 is 4.79 Å². The van der Waals surface area contributed by atoms with Gasteiger partial charge in [-0.3, -0.25) is 0 Å². The standard InChI is InChI=1S/C20H21N5O/c26-20(24-13-7-12-18(24)16-8-3-1-4-9-16)21-14-19-22-15-23-25(19)17-10-5-2-6-11-17/h1-6,8-11,15,18H,7,12-14H2,(H,21,26). The normalized spacial score (nSPS) is 16.6. The molecule has 1 aliphatic rings. The van der Waals surface area contributed by atoms with Crippen molar-refractivity contribution in [1.82, 2.24) is 25.0 Å². The molecule has 6 nitrogen and oxygen atoms in total. The van der Waals surface area contributed by atoms with Crippen molar-refractivity contribution in [2.75, 3.05) is 6.54 Å². The maximum Gasteiger partial charge on any atom is 0.318 e. The SMILES string of the molecule is O=C(NCc1ncnn1-c1ccccc1)N1CCCC1c1ccccc1. The van der Waals surface area contributed by atoms with E-state index >= 15 is 0 Å². The molecule has 0 bridgehead atoms. The lowest BCUT2D eigenvalue weighted by molar-refractivity contribution is 0.192. The highest BCUT2D eigenvalue weighted by atomic mass is 16.2. The molecular formula is C20H21N5O. The zero-order chi connectivity index (χ0) is 17.8. The maximum absolute atomic E-state index is 12.7. The van der Waals surface area contributed by atoms with E-state index in [9.17, 15) is 4.79 Å². The lowest BCUT2D eigenvalue weighted by Crippen LogP contribution is -2.39. The van der Waals surface area contributed by atoms with Crippen LogP contribution in [0.2, 0.25) is 0 Å². The number of para-hydroxylation sites is 1. The van der Waals surface area contributed by atoms with Gasteiger partial charge in [0.2, 0.25) is 0 Å². The Balaban J connectivity index is 1.44. The predicted octanol–water partition coefficient (Wildman–Crippen LogP) is 3.31. The van der Waals surface area contributed by atoms with Crippen LogP contribution in [0.5, 0.6) is 0 Å². The third-order valence-corrected chi connectivity index (χ3v) is 4.71. The number of benzene rings is 2. The van der Waals surface area contributed by atoms with Gasteiger partial charge in [0, 0.05) is 6.54 Å². The molecule has 1 unspecified atom stereocenters. The summed E-state index contributed by atoms with van der Waals surface area (Å²) in [6, 6.07) is 20.1. The molecule has 2 heterocycles. The Bertz CT molecular complexity index is 862. The average Bonchev–Trinajstić information content (AvgIpc) is 3.37. The molecule has 1 aliphatic heterocycles. The van der Waals surface area contributed by atoms with Crippen molar-refractivity contribution in [3.8, 4) is 5.69 Å². The van der Waals surface area contributed by atoms with E-state index in [-0.39, 0.29) is 12.1 Å². The lowest BCUT2D eigenvalue weighted by atomic mass is 10.1. The minimum Gasteiger partial charge on any atom is -0.331 e. The molecule has 0 radical (unpaired) electrons. The molecule has 0 spiro atoms. The van der Waals surface area contributed by atoms with Crippen LogP contribution in [0.1, 0.15) is 30.3 Å². The molecule has 26 heavy (non-hydrogen) atoms. The fraction of sp³-hybridized carbons (Fsp3) is 0.250. The van der Waals surface area contributed by atoms with Gasteiger partial charge in [0.15, 0.2) is 5.82 Å². The summed E-state index contributed by atoms with van der Waals surface area (Å²) >= 11 is 0. The summed E-state index contributed by atoms with van der Waals surface area (Å²) in [5.41, 5.74) is 2.12. The summed E-state index contributed by atoms with van der Waals surface area (Å²) in [6.07, 6.45) is 3.53. The third kappa shape index (κ3) is 3.31. The zero-order valence-electron chi connectivity index (χ0n) is 14.5. The quantitative estimate of drug-likeness (QED) is 0.787. The summed E-state index contributed by atoms with van der Waals surface area (Å²) in [4.78, 5) is 18.9. The van der Waals surface area contributed by atoms with Gasteiger partial charge >= 0.3 is 6.03 Å². The first-order valence-corrected chi connectivity index (χ1v) is 8.86. The Labute approximate surface area is 152 Å². The van der Waals surface area contributed by atoms with Crippen molar-refractivity contribution in [2.45, 2.75) is 25.4 Å². The zero-order valence-corrected chi connectivity index (χ0v) is 14.5. The monoisotopic (exact) mass is 347 g/mol. The van der Waals surface area contributed by atoms with Gasteiger partial charge in [-0.15, -0.1) is 0 Å². The highest BCUT2D eigenvalue weighted by Gasteiger charge is 2.29. The molecule has 132 valence electrons. The van der Waals surface area contributed by atoms with E-state index in [2.05, 4.69) is 27.5 Å². The molecule has 1 aromatic heterocycles. The second kappa shape index (κ2) is 7.39. The van der Waals surface area contributed by atoms with Gasteiger partial charge in [0.25, 0.3) is 0 Å². The second-order valence-corrected chi connectivity index (χ2v) is 6.34. The van der Waals surface area contributed by atoms with Gasteiger partial charge < -0.3 is 10.2 Å². The number of hydrogen-bond acceptors (Lipinski definition) is 3. The van der Waals surface area contributed by atoms with Crippen molar-refractivity contribution in [3.63, 3.8) is 0 Å². The van der Waals surface area contributed by atoms with E-state index in [1.165, 1.54) is 11.9 Å². The largest absolute Gasteiger partial charge is 0.331 e. The Kier molecular flexibility index (Phi) is 4.64. The molecule has 6 heteroatoms. The summed E-state index contributed by atoms with van der Waals surface area (Å²) in [5, 5.41) is 7.27. The molecule has 1 saturated heterocycles. The molecule has 1 atom stereocenters. The van der Waals surface area contributed by atoms with Crippen LogP contribution in [-0.2, 0) is 6.54 Å². The van der Waals surface area contributed by atoms with Crippen molar-refractivity contribution in [3.05, 3.63) is 78.4 Å². The van der Waals surface area contributed by atoms with E-state index in [0.29, 0.717) is 12.4 Å². The van der Waals surface area contributed by atoms with E-state index in [0.717, 1.165) is 25.1 Å². The Morgan fingerprint density at radius 1 is 1.08 bits per heavy atom. The smallest absolute Gasteiger partial charge is 0.318 e. The van der Waals surface area contributed by atoms with E-state index in [1.54, 1.807) is 4.68 Å². The van der Waals surface area contributed by atoms with Gasteiger partial charge in [-0.1, -0.05) is 48.5 Å². The number of likely N-dealkylation sites (tertiary alicyclic amines) is 1. The highest BCUT2D eigenvalue weighted by Crippen LogP contribution is 2.31. The van der Waals surface area contributed by atoms with Crippen LogP contribution in [0.3, 0.4) is 0 Å². The highest BCUT2D eigenvalue weighted by molar-refractivity contribution is 5.75. The number of urea groups is 1. The summed E-state index contributed by atoms with van der Waals surface area (Å²) in [6.45, 7) is 1.11. The minimum absolute atomic E-state index is 0.0565. The van der Waals surface area contributed by atoms with Crippen LogP contribution in [-0.4, -0.2) is 32.2 Å². The maximum atomic E-state index is 12.7. The fourth-order valence-electron chi connectivity index (χ4n) is 3.46. The van der Waals surface area contributed by atoms with Crippen LogP contribution >= 0.6 is 0 Å². The summed E-state index contributed by atoms with van der Waals surface area (Å²) in [7, 11) is 0. The van der Waals surface area contributed by atoms with Crippen LogP contribution in [0, 0.1) is 0 Å². The fourth-order valence-corrected chi connectivity index (χ4v) is 3.46. The topological polar surface area (TPSA) is 63.1 Å². The number of carbonyl (C=O) groups excluding carboxylic acids is 1. The minimum atomic E-state index is -0.0565. The molecular weight excluding hydrogens is 326 g/mol. The molecule has 0 saturated carbocycles. The van der Waals surface area contributed by atoms with Crippen molar-refractivity contribution in [2.24, 2.45) is 0 Å². The Morgan fingerprint density at radius 2 is 1.81 bits per heavy atom. The lowest BCUT2D eigenvalue weighted by Gasteiger charge is -2.25.